The van der Waals surface area contributed by atoms with Crippen molar-refractivity contribution in [2.75, 3.05) is 26.2 Å². The van der Waals surface area contributed by atoms with Gasteiger partial charge in [-0.15, -0.1) is 0 Å². The molecule has 6 heteroatoms. The standard InChI is InChI=1S/C12H22BrN3O2/c1-4-6-14-11(17)9-16(7-5-2)12(18)15-8-10(3)13/h3-9H2,1-2H3,(H,14,17)(H,15,18). The first-order valence-electron chi connectivity index (χ1n) is 6.14. The third-order valence-corrected chi connectivity index (χ3v) is 2.40. The van der Waals surface area contributed by atoms with Gasteiger partial charge in [-0.3, -0.25) is 4.79 Å². The van der Waals surface area contributed by atoms with E-state index in [2.05, 4.69) is 33.1 Å². The maximum atomic E-state index is 11.8. The zero-order valence-electron chi connectivity index (χ0n) is 11.1. The first kappa shape index (κ1) is 17.0. The van der Waals surface area contributed by atoms with E-state index in [0.29, 0.717) is 24.1 Å². The van der Waals surface area contributed by atoms with Gasteiger partial charge in [-0.1, -0.05) is 36.4 Å². The van der Waals surface area contributed by atoms with Crippen molar-refractivity contribution >= 4 is 27.9 Å². The summed E-state index contributed by atoms with van der Waals surface area (Å²) in [5.41, 5.74) is 0. The van der Waals surface area contributed by atoms with Gasteiger partial charge in [-0.25, -0.2) is 4.79 Å². The normalized spacial score (nSPS) is 9.72. The van der Waals surface area contributed by atoms with E-state index in [9.17, 15) is 9.59 Å². The van der Waals surface area contributed by atoms with Gasteiger partial charge >= 0.3 is 6.03 Å². The van der Waals surface area contributed by atoms with Gasteiger partial charge in [0.2, 0.25) is 5.91 Å². The molecule has 0 radical (unpaired) electrons. The molecule has 0 bridgehead atoms. The second kappa shape index (κ2) is 9.94. The fourth-order valence-electron chi connectivity index (χ4n) is 1.30. The number of hydrogen-bond acceptors (Lipinski definition) is 2. The number of carbonyl (C=O) groups is 2. The molecule has 104 valence electrons. The van der Waals surface area contributed by atoms with Crippen LogP contribution in [0.2, 0.25) is 0 Å². The smallest absolute Gasteiger partial charge is 0.318 e. The summed E-state index contributed by atoms with van der Waals surface area (Å²) in [6.45, 7) is 9.23. The average molecular weight is 320 g/mol. The molecule has 0 spiro atoms. The SMILES string of the molecule is C=C(Br)CNC(=O)N(CCC)CC(=O)NCCC. The summed E-state index contributed by atoms with van der Waals surface area (Å²) in [6.07, 6.45) is 1.69. The van der Waals surface area contributed by atoms with Gasteiger partial charge < -0.3 is 15.5 Å². The zero-order valence-corrected chi connectivity index (χ0v) is 12.7. The number of carbonyl (C=O) groups excluding carboxylic acids is 2. The Kier molecular flexibility index (Phi) is 9.36. The number of rotatable bonds is 8. The second-order valence-electron chi connectivity index (χ2n) is 3.95. The lowest BCUT2D eigenvalue weighted by Gasteiger charge is -2.21. The molecule has 0 rings (SSSR count). The van der Waals surface area contributed by atoms with Crippen molar-refractivity contribution in [2.24, 2.45) is 0 Å². The van der Waals surface area contributed by atoms with Crippen LogP contribution in [0, 0.1) is 0 Å². The molecule has 0 aliphatic rings. The van der Waals surface area contributed by atoms with Crippen LogP contribution < -0.4 is 10.6 Å². The molecular weight excluding hydrogens is 298 g/mol. The highest BCUT2D eigenvalue weighted by atomic mass is 79.9. The molecule has 0 atom stereocenters. The summed E-state index contributed by atoms with van der Waals surface area (Å²) >= 11 is 3.17. The highest BCUT2D eigenvalue weighted by Gasteiger charge is 2.15. The Balaban J connectivity index is 4.22. The second-order valence-corrected chi connectivity index (χ2v) is 5.07. The van der Waals surface area contributed by atoms with E-state index in [0.717, 1.165) is 12.8 Å². The van der Waals surface area contributed by atoms with Crippen LogP contribution in [0.5, 0.6) is 0 Å². The fraction of sp³-hybridized carbons (Fsp3) is 0.667. The minimum absolute atomic E-state index is 0.0917. The minimum Gasteiger partial charge on any atom is -0.355 e. The summed E-state index contributed by atoms with van der Waals surface area (Å²) in [4.78, 5) is 24.9. The van der Waals surface area contributed by atoms with Crippen molar-refractivity contribution in [3.8, 4) is 0 Å². The Labute approximate surface area is 117 Å². The third-order valence-electron chi connectivity index (χ3n) is 2.12. The molecule has 18 heavy (non-hydrogen) atoms. The van der Waals surface area contributed by atoms with Gasteiger partial charge in [0.05, 0.1) is 6.54 Å². The van der Waals surface area contributed by atoms with Crippen LogP contribution in [0.3, 0.4) is 0 Å². The fourth-order valence-corrected chi connectivity index (χ4v) is 1.44. The van der Waals surface area contributed by atoms with Crippen LogP contribution in [-0.2, 0) is 4.79 Å². The quantitative estimate of drug-likeness (QED) is 0.717. The van der Waals surface area contributed by atoms with Gasteiger partial charge in [0, 0.05) is 17.6 Å². The van der Waals surface area contributed by atoms with E-state index in [4.69, 9.17) is 0 Å². The van der Waals surface area contributed by atoms with Gasteiger partial charge in [0.1, 0.15) is 6.54 Å². The highest BCUT2D eigenvalue weighted by molar-refractivity contribution is 9.11. The molecule has 0 aromatic heterocycles. The predicted molar refractivity (Wildman–Crippen MR) is 76.6 cm³/mol. The van der Waals surface area contributed by atoms with Crippen molar-refractivity contribution in [3.63, 3.8) is 0 Å². The van der Waals surface area contributed by atoms with E-state index in [1.165, 1.54) is 4.90 Å². The molecule has 0 aliphatic carbocycles. The van der Waals surface area contributed by atoms with Crippen LogP contribution >= 0.6 is 15.9 Å². The number of nitrogens with zero attached hydrogens (tertiary/aromatic N) is 1. The first-order valence-corrected chi connectivity index (χ1v) is 6.93. The summed E-state index contributed by atoms with van der Waals surface area (Å²) in [7, 11) is 0. The molecular formula is C12H22BrN3O2. The predicted octanol–water partition coefficient (Wildman–Crippen LogP) is 1.84. The zero-order chi connectivity index (χ0) is 14.0. The van der Waals surface area contributed by atoms with E-state index < -0.39 is 0 Å². The molecule has 0 aromatic rings. The molecule has 0 saturated heterocycles. The van der Waals surface area contributed by atoms with E-state index >= 15 is 0 Å². The number of hydrogen-bond donors (Lipinski definition) is 2. The van der Waals surface area contributed by atoms with Crippen LogP contribution in [0.15, 0.2) is 11.1 Å². The van der Waals surface area contributed by atoms with Gasteiger partial charge in [-0.05, 0) is 12.8 Å². The number of urea groups is 1. The molecule has 0 saturated carbocycles. The van der Waals surface area contributed by atoms with Crippen molar-refractivity contribution in [2.45, 2.75) is 26.7 Å². The Bertz CT molecular complexity index is 295. The Morgan fingerprint density at radius 3 is 2.39 bits per heavy atom. The monoisotopic (exact) mass is 319 g/mol. The Morgan fingerprint density at radius 2 is 1.89 bits per heavy atom. The summed E-state index contributed by atoms with van der Waals surface area (Å²) in [5.74, 6) is -0.127. The highest BCUT2D eigenvalue weighted by Crippen LogP contribution is 1.99. The van der Waals surface area contributed by atoms with Gasteiger partial charge in [-0.2, -0.15) is 0 Å². The van der Waals surface area contributed by atoms with Gasteiger partial charge in [0.25, 0.3) is 0 Å². The maximum Gasteiger partial charge on any atom is 0.318 e. The lowest BCUT2D eigenvalue weighted by atomic mass is 10.4. The molecule has 0 fully saturated rings. The molecule has 0 unspecified atom stereocenters. The van der Waals surface area contributed by atoms with Crippen molar-refractivity contribution < 1.29 is 9.59 Å². The summed E-state index contributed by atoms with van der Waals surface area (Å²) in [5, 5.41) is 5.44. The Hall–Kier alpha value is -1.04. The topological polar surface area (TPSA) is 61.4 Å². The molecule has 3 amide bonds. The molecule has 5 nitrogen and oxygen atoms in total. The summed E-state index contributed by atoms with van der Waals surface area (Å²) in [6, 6.07) is -0.246. The number of halogens is 1. The van der Waals surface area contributed by atoms with Crippen LogP contribution in [0.1, 0.15) is 26.7 Å². The number of nitrogens with one attached hydrogen (secondary N) is 2. The first-order chi connectivity index (χ1) is 8.51. The third kappa shape index (κ3) is 8.11. The Morgan fingerprint density at radius 1 is 1.22 bits per heavy atom. The van der Waals surface area contributed by atoms with Crippen LogP contribution in [0.4, 0.5) is 4.79 Å². The lowest BCUT2D eigenvalue weighted by molar-refractivity contribution is -0.121. The van der Waals surface area contributed by atoms with E-state index in [-0.39, 0.29) is 18.5 Å². The lowest BCUT2D eigenvalue weighted by Crippen LogP contribution is -2.46. The largest absolute Gasteiger partial charge is 0.355 e. The molecule has 0 aromatic carbocycles. The van der Waals surface area contributed by atoms with E-state index in [1.54, 1.807) is 0 Å². The summed E-state index contributed by atoms with van der Waals surface area (Å²) < 4.78 is 0.697. The average Bonchev–Trinajstić information content (AvgIpc) is 2.32. The van der Waals surface area contributed by atoms with Crippen LogP contribution in [0.25, 0.3) is 0 Å². The maximum absolute atomic E-state index is 11.8. The van der Waals surface area contributed by atoms with Crippen LogP contribution in [-0.4, -0.2) is 43.0 Å². The molecule has 0 aliphatic heterocycles. The molecule has 0 heterocycles. The van der Waals surface area contributed by atoms with Crippen molar-refractivity contribution in [1.29, 1.82) is 0 Å². The van der Waals surface area contributed by atoms with E-state index in [1.807, 2.05) is 13.8 Å². The van der Waals surface area contributed by atoms with Crippen molar-refractivity contribution in [3.05, 3.63) is 11.1 Å². The van der Waals surface area contributed by atoms with Gasteiger partial charge in [0.15, 0.2) is 0 Å². The minimum atomic E-state index is -0.246. The molecule has 2 N–H and O–H groups in total. The van der Waals surface area contributed by atoms with Crippen molar-refractivity contribution in [1.82, 2.24) is 15.5 Å². The number of amides is 3.